The molecule has 8 nitrogen and oxygen atoms in total. The summed E-state index contributed by atoms with van der Waals surface area (Å²) in [4.78, 5) is 29.8. The third-order valence-electron chi connectivity index (χ3n) is 6.80. The number of benzene rings is 3. The molecule has 5 rings (SSSR count). The van der Waals surface area contributed by atoms with Crippen molar-refractivity contribution in [1.82, 2.24) is 14.2 Å². The Morgan fingerprint density at radius 2 is 1.73 bits per heavy atom. The second-order valence-electron chi connectivity index (χ2n) is 10.4. The quantitative estimate of drug-likeness (QED) is 0.146. The SMILES string of the molecule is Cc1cc(C=Nn2c(-c3cccc(C(F)(F)F)c3)nc3ccccc3c2=O)c(C)n1-c1ccc(OCC(=O)OC(C)C)cc1. The second kappa shape index (κ2) is 12.2. The highest BCUT2D eigenvalue weighted by atomic mass is 19.4. The number of aromatic nitrogens is 3. The van der Waals surface area contributed by atoms with Crippen LogP contribution in [-0.2, 0) is 15.7 Å². The summed E-state index contributed by atoms with van der Waals surface area (Å²) in [5.41, 5.74) is 2.27. The molecule has 0 saturated heterocycles. The van der Waals surface area contributed by atoms with Gasteiger partial charge in [-0.15, -0.1) is 0 Å². The monoisotopic (exact) mass is 602 g/mol. The van der Waals surface area contributed by atoms with Gasteiger partial charge < -0.3 is 14.0 Å². The maximum absolute atomic E-state index is 13.5. The van der Waals surface area contributed by atoms with Crippen LogP contribution in [0.3, 0.4) is 0 Å². The molecule has 226 valence electrons. The molecule has 3 aromatic carbocycles. The summed E-state index contributed by atoms with van der Waals surface area (Å²) >= 11 is 0. The van der Waals surface area contributed by atoms with Gasteiger partial charge in [-0.2, -0.15) is 22.9 Å². The van der Waals surface area contributed by atoms with Crippen LogP contribution < -0.4 is 10.3 Å². The fraction of sp³-hybridized carbons (Fsp3) is 0.212. The van der Waals surface area contributed by atoms with Gasteiger partial charge in [-0.25, -0.2) is 9.78 Å². The molecule has 0 aliphatic carbocycles. The average molecular weight is 603 g/mol. The Hall–Kier alpha value is -5.19. The number of fused-ring (bicyclic) bond motifs is 1. The Balaban J connectivity index is 1.49. The zero-order valence-corrected chi connectivity index (χ0v) is 24.4. The molecular formula is C33H29F3N4O4. The van der Waals surface area contributed by atoms with Crippen LogP contribution in [0.1, 0.15) is 36.4 Å². The van der Waals surface area contributed by atoms with Crippen molar-refractivity contribution in [2.75, 3.05) is 6.61 Å². The molecule has 11 heteroatoms. The molecule has 0 radical (unpaired) electrons. The molecule has 0 atom stereocenters. The first-order valence-corrected chi connectivity index (χ1v) is 13.8. The number of hydrogen-bond acceptors (Lipinski definition) is 6. The third-order valence-corrected chi connectivity index (χ3v) is 6.80. The Bertz CT molecular complexity index is 1920. The molecular weight excluding hydrogens is 573 g/mol. The summed E-state index contributed by atoms with van der Waals surface area (Å²) in [6.45, 7) is 7.12. The van der Waals surface area contributed by atoms with Gasteiger partial charge >= 0.3 is 12.1 Å². The van der Waals surface area contributed by atoms with Gasteiger partial charge in [0.1, 0.15) is 5.75 Å². The lowest BCUT2D eigenvalue weighted by atomic mass is 10.1. The van der Waals surface area contributed by atoms with E-state index in [0.717, 1.165) is 33.9 Å². The molecule has 44 heavy (non-hydrogen) atoms. The maximum Gasteiger partial charge on any atom is 0.416 e. The van der Waals surface area contributed by atoms with Gasteiger partial charge in [-0.05, 0) is 82.3 Å². The highest BCUT2D eigenvalue weighted by molar-refractivity contribution is 5.83. The van der Waals surface area contributed by atoms with E-state index in [1.165, 1.54) is 18.3 Å². The van der Waals surface area contributed by atoms with Crippen molar-refractivity contribution in [3.05, 3.63) is 112 Å². The van der Waals surface area contributed by atoms with E-state index in [1.807, 2.05) is 36.6 Å². The van der Waals surface area contributed by atoms with Gasteiger partial charge in [-0.3, -0.25) is 4.79 Å². The molecule has 0 spiro atoms. The number of halogens is 3. The number of hydrogen-bond donors (Lipinski definition) is 0. The van der Waals surface area contributed by atoms with Gasteiger partial charge in [0, 0.05) is 28.2 Å². The van der Waals surface area contributed by atoms with E-state index in [0.29, 0.717) is 16.8 Å². The average Bonchev–Trinajstić information content (AvgIpc) is 3.27. The molecule has 0 unspecified atom stereocenters. The van der Waals surface area contributed by atoms with E-state index in [-0.39, 0.29) is 29.5 Å². The highest BCUT2D eigenvalue weighted by Crippen LogP contribution is 2.32. The zero-order valence-electron chi connectivity index (χ0n) is 24.4. The van der Waals surface area contributed by atoms with Crippen LogP contribution in [0.4, 0.5) is 13.2 Å². The summed E-state index contributed by atoms with van der Waals surface area (Å²) in [6.07, 6.45) is -3.30. The highest BCUT2D eigenvalue weighted by Gasteiger charge is 2.31. The molecule has 5 aromatic rings. The molecule has 2 heterocycles. The Morgan fingerprint density at radius 1 is 1.00 bits per heavy atom. The first-order chi connectivity index (χ1) is 20.9. The standard InChI is InChI=1S/C33H29F3N4O4/c1-20(2)44-30(41)19-43-27-14-12-26(13-15-27)39-21(3)16-24(22(39)4)18-37-40-31(23-8-7-9-25(17-23)33(34,35)36)38-29-11-6-5-10-28(29)32(40)42/h5-18,20H,19H2,1-4H3. The first-order valence-electron chi connectivity index (χ1n) is 13.8. The molecule has 2 aromatic heterocycles. The van der Waals surface area contributed by atoms with Gasteiger partial charge in [0.25, 0.3) is 5.56 Å². The van der Waals surface area contributed by atoms with Crippen molar-refractivity contribution < 1.29 is 27.4 Å². The molecule has 0 amide bonds. The topological polar surface area (TPSA) is 87.7 Å². The molecule has 0 aliphatic heterocycles. The fourth-order valence-electron chi connectivity index (χ4n) is 4.82. The minimum atomic E-state index is -4.57. The van der Waals surface area contributed by atoms with E-state index in [2.05, 4.69) is 10.1 Å². The van der Waals surface area contributed by atoms with E-state index >= 15 is 0 Å². The van der Waals surface area contributed by atoms with Gasteiger partial charge in [0.15, 0.2) is 12.4 Å². The summed E-state index contributed by atoms with van der Waals surface area (Å²) in [5, 5.41) is 4.72. The van der Waals surface area contributed by atoms with E-state index in [1.54, 1.807) is 50.2 Å². The predicted octanol–water partition coefficient (Wildman–Crippen LogP) is 6.70. The lowest BCUT2D eigenvalue weighted by Crippen LogP contribution is -2.20. The number of para-hydroxylation sites is 1. The minimum absolute atomic E-state index is 0.0160. The minimum Gasteiger partial charge on any atom is -0.482 e. The number of nitrogens with zero attached hydrogens (tertiary/aromatic N) is 4. The number of esters is 1. The predicted molar refractivity (Wildman–Crippen MR) is 161 cm³/mol. The zero-order chi connectivity index (χ0) is 31.6. The van der Waals surface area contributed by atoms with Crippen LogP contribution >= 0.6 is 0 Å². The second-order valence-corrected chi connectivity index (χ2v) is 10.4. The molecule has 0 saturated carbocycles. The lowest BCUT2D eigenvalue weighted by Gasteiger charge is -2.12. The molecule has 0 aliphatic rings. The van der Waals surface area contributed by atoms with Crippen molar-refractivity contribution in [3.8, 4) is 22.8 Å². The number of carbonyl (C=O) groups is 1. The number of alkyl halides is 3. The summed E-state index contributed by atoms with van der Waals surface area (Å²) in [5.74, 6) is 0.0313. The summed E-state index contributed by atoms with van der Waals surface area (Å²) in [6, 6.07) is 20.3. The van der Waals surface area contributed by atoms with Crippen LogP contribution in [0.25, 0.3) is 28.0 Å². The van der Waals surface area contributed by atoms with Crippen LogP contribution in [0.2, 0.25) is 0 Å². The Labute approximate surface area is 251 Å². The summed E-state index contributed by atoms with van der Waals surface area (Å²) < 4.78 is 54.1. The number of rotatable bonds is 8. The van der Waals surface area contributed by atoms with E-state index in [9.17, 15) is 22.8 Å². The summed E-state index contributed by atoms with van der Waals surface area (Å²) in [7, 11) is 0. The smallest absolute Gasteiger partial charge is 0.416 e. The van der Waals surface area contributed by atoms with E-state index in [4.69, 9.17) is 9.47 Å². The Kier molecular flexibility index (Phi) is 8.39. The molecule has 0 bridgehead atoms. The first kappa shape index (κ1) is 30.3. The van der Waals surface area contributed by atoms with Crippen molar-refractivity contribution >= 4 is 23.1 Å². The number of aryl methyl sites for hydroxylation is 1. The normalized spacial score (nSPS) is 11.9. The fourth-order valence-corrected chi connectivity index (χ4v) is 4.82. The van der Waals surface area contributed by atoms with Gasteiger partial charge in [0.2, 0.25) is 0 Å². The molecule has 0 fully saturated rings. The van der Waals surface area contributed by atoms with E-state index < -0.39 is 23.3 Å². The van der Waals surface area contributed by atoms with Crippen LogP contribution in [0.15, 0.2) is 88.8 Å². The number of ether oxygens (including phenoxy) is 2. The maximum atomic E-state index is 13.5. The third kappa shape index (κ3) is 6.41. The van der Waals surface area contributed by atoms with Gasteiger partial charge in [0.05, 0.1) is 28.8 Å². The van der Waals surface area contributed by atoms with Crippen molar-refractivity contribution in [3.63, 3.8) is 0 Å². The van der Waals surface area contributed by atoms with Crippen LogP contribution in [0, 0.1) is 13.8 Å². The largest absolute Gasteiger partial charge is 0.482 e. The van der Waals surface area contributed by atoms with Crippen LogP contribution in [0.5, 0.6) is 5.75 Å². The number of carbonyl (C=O) groups excluding carboxylic acids is 1. The van der Waals surface area contributed by atoms with Crippen molar-refractivity contribution in [1.29, 1.82) is 0 Å². The van der Waals surface area contributed by atoms with Crippen LogP contribution in [-0.4, -0.2) is 39.1 Å². The molecule has 0 N–H and O–H groups in total. The Morgan fingerprint density at radius 3 is 2.43 bits per heavy atom. The van der Waals surface area contributed by atoms with Crippen molar-refractivity contribution in [2.24, 2.45) is 5.10 Å². The lowest BCUT2D eigenvalue weighted by molar-refractivity contribution is -0.149. The van der Waals surface area contributed by atoms with Crippen molar-refractivity contribution in [2.45, 2.75) is 40.0 Å². The van der Waals surface area contributed by atoms with Gasteiger partial charge in [-0.1, -0.05) is 24.3 Å².